The Labute approximate surface area is 74.8 Å². The molecule has 0 saturated heterocycles. The molecule has 0 aliphatic carbocycles. The number of hydrogen-bond donors (Lipinski definition) is 1. The fraction of sp³-hybridized carbons (Fsp3) is 0.545. The van der Waals surface area contributed by atoms with Gasteiger partial charge >= 0.3 is 0 Å². The van der Waals surface area contributed by atoms with Gasteiger partial charge in [-0.15, -0.1) is 5.73 Å². The third-order valence-corrected chi connectivity index (χ3v) is 1.53. The molecule has 12 heavy (non-hydrogen) atoms. The summed E-state index contributed by atoms with van der Waals surface area (Å²) in [5, 5.41) is 9.63. The van der Waals surface area contributed by atoms with Gasteiger partial charge in [-0.1, -0.05) is 31.8 Å². The minimum atomic E-state index is -0.858. The lowest BCUT2D eigenvalue weighted by atomic mass is 10.0. The van der Waals surface area contributed by atoms with Crippen LogP contribution in [0.5, 0.6) is 0 Å². The van der Waals surface area contributed by atoms with Crippen molar-refractivity contribution in [3.05, 3.63) is 18.4 Å². The molecule has 0 aromatic heterocycles. The van der Waals surface area contributed by atoms with Gasteiger partial charge in [0.25, 0.3) is 0 Å². The molecule has 0 radical (unpaired) electrons. The molecular formula is C11H16O. The molecule has 0 aliphatic rings. The Hall–Kier alpha value is -0.960. The van der Waals surface area contributed by atoms with E-state index in [1.54, 1.807) is 6.92 Å². The normalized spacial score (nSPS) is 13.6. The van der Waals surface area contributed by atoms with E-state index in [9.17, 15) is 5.11 Å². The van der Waals surface area contributed by atoms with Gasteiger partial charge in [-0.05, 0) is 19.8 Å². The zero-order chi connectivity index (χ0) is 9.45. The molecule has 0 rings (SSSR count). The molecule has 1 heteroatoms. The first-order valence-electron chi connectivity index (χ1n) is 4.22. The summed E-state index contributed by atoms with van der Waals surface area (Å²) in [6.45, 7) is 7.20. The molecule has 1 unspecified atom stereocenters. The molecule has 1 nitrogen and oxygen atoms in total. The van der Waals surface area contributed by atoms with Gasteiger partial charge in [0, 0.05) is 6.08 Å². The third-order valence-electron chi connectivity index (χ3n) is 1.53. The summed E-state index contributed by atoms with van der Waals surface area (Å²) in [4.78, 5) is 0. The molecular weight excluding hydrogens is 148 g/mol. The fourth-order valence-electron chi connectivity index (χ4n) is 0.826. The lowest BCUT2D eigenvalue weighted by Gasteiger charge is -2.14. The highest BCUT2D eigenvalue weighted by Crippen LogP contribution is 2.11. The van der Waals surface area contributed by atoms with Crippen LogP contribution in [0.2, 0.25) is 0 Å². The van der Waals surface area contributed by atoms with Crippen LogP contribution in [0, 0.1) is 11.8 Å². The van der Waals surface area contributed by atoms with Crippen LogP contribution in [-0.4, -0.2) is 10.7 Å². The summed E-state index contributed by atoms with van der Waals surface area (Å²) in [7, 11) is 0. The summed E-state index contributed by atoms with van der Waals surface area (Å²) >= 11 is 0. The van der Waals surface area contributed by atoms with Crippen molar-refractivity contribution in [1.29, 1.82) is 0 Å². The van der Waals surface area contributed by atoms with Crippen molar-refractivity contribution in [2.45, 2.75) is 38.7 Å². The molecule has 1 atom stereocenters. The first kappa shape index (κ1) is 11.0. The minimum absolute atomic E-state index is 0.724. The van der Waals surface area contributed by atoms with Crippen molar-refractivity contribution < 1.29 is 5.11 Å². The summed E-state index contributed by atoms with van der Waals surface area (Å²) in [5.41, 5.74) is 1.68. The number of allylic oxidation sites excluding steroid dienone is 1. The van der Waals surface area contributed by atoms with E-state index in [2.05, 4.69) is 31.1 Å². The number of rotatable bonds is 3. The Kier molecular flexibility index (Phi) is 5.21. The van der Waals surface area contributed by atoms with Gasteiger partial charge in [0.1, 0.15) is 5.60 Å². The lowest BCUT2D eigenvalue weighted by molar-refractivity contribution is 0.109. The number of hydrogen-bond acceptors (Lipinski definition) is 1. The average Bonchev–Trinajstić information content (AvgIpc) is 2.01. The minimum Gasteiger partial charge on any atom is -0.378 e. The van der Waals surface area contributed by atoms with E-state index in [1.807, 2.05) is 0 Å². The molecule has 0 aliphatic heterocycles. The van der Waals surface area contributed by atoms with Crippen molar-refractivity contribution in [3.63, 3.8) is 0 Å². The Bertz CT molecular complexity index is 221. The summed E-state index contributed by atoms with van der Waals surface area (Å²) in [6, 6.07) is 0. The van der Waals surface area contributed by atoms with Crippen molar-refractivity contribution >= 4 is 0 Å². The van der Waals surface area contributed by atoms with E-state index >= 15 is 0 Å². The standard InChI is InChI=1S/C11H16O/c1-4-6-8-10-11(3,12)9-7-5-2/h6,12H,1,5,7,9H2,2-3H3. The third kappa shape index (κ3) is 5.80. The monoisotopic (exact) mass is 164 g/mol. The zero-order valence-electron chi connectivity index (χ0n) is 7.85. The number of aliphatic hydroxyl groups is 1. The van der Waals surface area contributed by atoms with Crippen molar-refractivity contribution in [3.8, 4) is 11.8 Å². The van der Waals surface area contributed by atoms with E-state index in [-0.39, 0.29) is 0 Å². The predicted molar refractivity (Wildman–Crippen MR) is 51.6 cm³/mol. The second kappa shape index (κ2) is 5.66. The second-order valence-corrected chi connectivity index (χ2v) is 3.00. The maximum atomic E-state index is 9.63. The van der Waals surface area contributed by atoms with E-state index in [0.717, 1.165) is 19.3 Å². The molecule has 0 saturated carbocycles. The van der Waals surface area contributed by atoms with Crippen LogP contribution in [0.1, 0.15) is 33.1 Å². The highest BCUT2D eigenvalue weighted by atomic mass is 16.3. The van der Waals surface area contributed by atoms with Crippen LogP contribution in [0.4, 0.5) is 0 Å². The molecule has 0 heterocycles. The first-order valence-corrected chi connectivity index (χ1v) is 4.22. The van der Waals surface area contributed by atoms with Crippen LogP contribution in [0.25, 0.3) is 0 Å². The maximum absolute atomic E-state index is 9.63. The predicted octanol–water partition coefficient (Wildman–Crippen LogP) is 2.27. The van der Waals surface area contributed by atoms with E-state index < -0.39 is 5.60 Å². The summed E-state index contributed by atoms with van der Waals surface area (Å²) in [5.74, 6) is 5.43. The van der Waals surface area contributed by atoms with Crippen LogP contribution < -0.4 is 0 Å². The van der Waals surface area contributed by atoms with Crippen LogP contribution in [0.3, 0.4) is 0 Å². The van der Waals surface area contributed by atoms with Crippen molar-refractivity contribution in [1.82, 2.24) is 0 Å². The van der Waals surface area contributed by atoms with Gasteiger partial charge in [0.2, 0.25) is 0 Å². The molecule has 0 aromatic carbocycles. The molecule has 0 spiro atoms. The van der Waals surface area contributed by atoms with Crippen LogP contribution >= 0.6 is 0 Å². The Balaban J connectivity index is 4.04. The highest BCUT2D eigenvalue weighted by molar-refractivity contribution is 5.20. The lowest BCUT2D eigenvalue weighted by Crippen LogP contribution is -2.20. The number of unbranched alkanes of at least 4 members (excludes halogenated alkanes) is 1. The molecule has 0 aromatic rings. The van der Waals surface area contributed by atoms with Crippen molar-refractivity contribution in [2.24, 2.45) is 0 Å². The topological polar surface area (TPSA) is 20.2 Å². The molecule has 1 N–H and O–H groups in total. The quantitative estimate of drug-likeness (QED) is 0.501. The Morgan fingerprint density at radius 1 is 1.58 bits per heavy atom. The summed E-state index contributed by atoms with van der Waals surface area (Å²) < 4.78 is 0. The Morgan fingerprint density at radius 3 is 2.75 bits per heavy atom. The van der Waals surface area contributed by atoms with E-state index in [1.165, 1.54) is 6.08 Å². The van der Waals surface area contributed by atoms with Gasteiger partial charge in [-0.25, -0.2) is 0 Å². The fourth-order valence-corrected chi connectivity index (χ4v) is 0.826. The highest BCUT2D eigenvalue weighted by Gasteiger charge is 2.14. The molecule has 0 fully saturated rings. The van der Waals surface area contributed by atoms with Gasteiger partial charge in [-0.3, -0.25) is 0 Å². The van der Waals surface area contributed by atoms with Gasteiger partial charge < -0.3 is 5.11 Å². The SMILES string of the molecule is C=C=CC#CC(C)(O)CCCC. The largest absolute Gasteiger partial charge is 0.378 e. The van der Waals surface area contributed by atoms with E-state index in [0.29, 0.717) is 0 Å². The first-order chi connectivity index (χ1) is 5.62. The van der Waals surface area contributed by atoms with Crippen molar-refractivity contribution in [2.75, 3.05) is 0 Å². The van der Waals surface area contributed by atoms with Crippen LogP contribution in [0.15, 0.2) is 18.4 Å². The molecule has 0 amide bonds. The van der Waals surface area contributed by atoms with Gasteiger partial charge in [0.05, 0.1) is 0 Å². The van der Waals surface area contributed by atoms with Gasteiger partial charge in [-0.2, -0.15) is 0 Å². The maximum Gasteiger partial charge on any atom is 0.123 e. The molecule has 0 bridgehead atoms. The Morgan fingerprint density at radius 2 is 2.25 bits per heavy atom. The zero-order valence-corrected chi connectivity index (χ0v) is 7.85. The molecule has 66 valence electrons. The second-order valence-electron chi connectivity index (χ2n) is 3.00. The summed E-state index contributed by atoms with van der Waals surface area (Å²) in [6.07, 6.45) is 4.32. The average molecular weight is 164 g/mol. The van der Waals surface area contributed by atoms with E-state index in [4.69, 9.17) is 0 Å². The smallest absolute Gasteiger partial charge is 0.123 e. The van der Waals surface area contributed by atoms with Crippen LogP contribution in [-0.2, 0) is 0 Å². The van der Waals surface area contributed by atoms with Gasteiger partial charge in [0.15, 0.2) is 0 Å².